The van der Waals surface area contributed by atoms with Gasteiger partial charge in [0, 0.05) is 13.0 Å². The van der Waals surface area contributed by atoms with Crippen LogP contribution in [0, 0.1) is 11.8 Å². The topological polar surface area (TPSA) is 63.2 Å². The summed E-state index contributed by atoms with van der Waals surface area (Å²) in [4.78, 5) is 11.7. The maximum absolute atomic E-state index is 11.7. The minimum absolute atomic E-state index is 0.00859. The fourth-order valence-electron chi connectivity index (χ4n) is 2.63. The first-order chi connectivity index (χ1) is 9.39. The standard InChI is InChI=1S/C15H29NO3S/c1-13(2)7-5-3-4-6-9-16-15(17)11-14-8-10-20(18,19)12-14/h13-14H,3-12H2,1-2H3,(H,16,17). The molecule has 1 amide bonds. The molecule has 0 aromatic heterocycles. The highest BCUT2D eigenvalue weighted by atomic mass is 32.2. The number of sulfone groups is 1. The molecule has 1 fully saturated rings. The third kappa shape index (κ3) is 7.88. The Hall–Kier alpha value is -0.580. The lowest BCUT2D eigenvalue weighted by molar-refractivity contribution is -0.121. The molecule has 0 bridgehead atoms. The molecule has 1 unspecified atom stereocenters. The number of rotatable bonds is 9. The fraction of sp³-hybridized carbons (Fsp3) is 0.933. The molecule has 0 radical (unpaired) electrons. The molecule has 1 atom stereocenters. The van der Waals surface area contributed by atoms with Crippen LogP contribution in [0.25, 0.3) is 0 Å². The highest BCUT2D eigenvalue weighted by molar-refractivity contribution is 7.91. The second-order valence-corrected chi connectivity index (χ2v) is 8.65. The molecule has 1 rings (SSSR count). The summed E-state index contributed by atoms with van der Waals surface area (Å²) in [6.45, 7) is 5.20. The van der Waals surface area contributed by atoms with E-state index in [1.165, 1.54) is 19.3 Å². The van der Waals surface area contributed by atoms with Crippen LogP contribution in [-0.4, -0.2) is 32.4 Å². The first kappa shape index (κ1) is 17.5. The zero-order valence-corrected chi connectivity index (χ0v) is 13.7. The number of carbonyl (C=O) groups excluding carboxylic acids is 1. The van der Waals surface area contributed by atoms with Gasteiger partial charge in [0.05, 0.1) is 11.5 Å². The van der Waals surface area contributed by atoms with Gasteiger partial charge in [-0.2, -0.15) is 0 Å². The molecule has 0 aliphatic carbocycles. The summed E-state index contributed by atoms with van der Waals surface area (Å²) < 4.78 is 22.6. The van der Waals surface area contributed by atoms with Gasteiger partial charge in [-0.3, -0.25) is 4.79 Å². The number of hydrogen-bond acceptors (Lipinski definition) is 3. The lowest BCUT2D eigenvalue weighted by atomic mass is 10.0. The fourth-order valence-corrected chi connectivity index (χ4v) is 4.49. The van der Waals surface area contributed by atoms with Gasteiger partial charge in [0.1, 0.15) is 0 Å². The van der Waals surface area contributed by atoms with E-state index in [-0.39, 0.29) is 23.3 Å². The molecule has 5 heteroatoms. The van der Waals surface area contributed by atoms with Gasteiger partial charge >= 0.3 is 0 Å². The van der Waals surface area contributed by atoms with Crippen LogP contribution in [0.15, 0.2) is 0 Å². The highest BCUT2D eigenvalue weighted by Gasteiger charge is 2.29. The van der Waals surface area contributed by atoms with Crippen LogP contribution >= 0.6 is 0 Å². The van der Waals surface area contributed by atoms with Crippen molar-refractivity contribution in [2.75, 3.05) is 18.1 Å². The van der Waals surface area contributed by atoms with Crippen molar-refractivity contribution < 1.29 is 13.2 Å². The van der Waals surface area contributed by atoms with Gasteiger partial charge in [-0.25, -0.2) is 8.42 Å². The Morgan fingerprint density at radius 1 is 1.20 bits per heavy atom. The van der Waals surface area contributed by atoms with E-state index in [4.69, 9.17) is 0 Å². The van der Waals surface area contributed by atoms with E-state index in [9.17, 15) is 13.2 Å². The van der Waals surface area contributed by atoms with Crippen molar-refractivity contribution in [2.45, 2.75) is 58.8 Å². The maximum atomic E-state index is 11.7. The number of carbonyl (C=O) groups is 1. The predicted octanol–water partition coefficient (Wildman–Crippen LogP) is 2.53. The van der Waals surface area contributed by atoms with E-state index >= 15 is 0 Å². The molecule has 1 aliphatic rings. The van der Waals surface area contributed by atoms with Crippen LogP contribution in [-0.2, 0) is 14.6 Å². The van der Waals surface area contributed by atoms with Crippen LogP contribution in [0.2, 0.25) is 0 Å². The van der Waals surface area contributed by atoms with E-state index in [1.54, 1.807) is 0 Å². The lowest BCUT2D eigenvalue weighted by Gasteiger charge is -2.09. The van der Waals surface area contributed by atoms with E-state index < -0.39 is 9.84 Å². The predicted molar refractivity (Wildman–Crippen MR) is 82.3 cm³/mol. The zero-order chi connectivity index (χ0) is 15.0. The molecular formula is C15H29NO3S. The molecule has 1 aliphatic heterocycles. The SMILES string of the molecule is CC(C)CCCCCCNC(=O)CC1CCS(=O)(=O)C1. The van der Waals surface area contributed by atoms with Gasteiger partial charge in [0.25, 0.3) is 0 Å². The van der Waals surface area contributed by atoms with Crippen molar-refractivity contribution in [1.29, 1.82) is 0 Å². The Balaban J connectivity index is 1.98. The smallest absolute Gasteiger partial charge is 0.220 e. The Labute approximate surface area is 123 Å². The van der Waals surface area contributed by atoms with Gasteiger partial charge in [0.2, 0.25) is 5.91 Å². The van der Waals surface area contributed by atoms with Gasteiger partial charge < -0.3 is 5.32 Å². The molecule has 0 aromatic carbocycles. The van der Waals surface area contributed by atoms with E-state index in [0.29, 0.717) is 12.8 Å². The largest absolute Gasteiger partial charge is 0.356 e. The normalized spacial score (nSPS) is 21.2. The number of amides is 1. The van der Waals surface area contributed by atoms with E-state index in [2.05, 4.69) is 19.2 Å². The Kier molecular flexibility index (Phi) is 7.56. The Morgan fingerprint density at radius 2 is 1.90 bits per heavy atom. The van der Waals surface area contributed by atoms with Gasteiger partial charge in [0.15, 0.2) is 9.84 Å². The third-order valence-corrected chi connectivity index (χ3v) is 5.67. The quantitative estimate of drug-likeness (QED) is 0.666. The summed E-state index contributed by atoms with van der Waals surface area (Å²) in [5, 5.41) is 2.90. The van der Waals surface area contributed by atoms with Crippen molar-refractivity contribution in [2.24, 2.45) is 11.8 Å². The van der Waals surface area contributed by atoms with Crippen LogP contribution in [0.4, 0.5) is 0 Å². The van der Waals surface area contributed by atoms with Crippen LogP contribution in [0.3, 0.4) is 0 Å². The Bertz CT molecular complexity index is 390. The average Bonchev–Trinajstić information content (AvgIpc) is 2.67. The van der Waals surface area contributed by atoms with Gasteiger partial charge in [-0.15, -0.1) is 0 Å². The second kappa shape index (κ2) is 8.65. The first-order valence-corrected chi connectivity index (χ1v) is 9.68. The third-order valence-electron chi connectivity index (χ3n) is 3.83. The number of unbranched alkanes of at least 4 members (excludes halogenated alkanes) is 3. The van der Waals surface area contributed by atoms with Gasteiger partial charge in [-0.1, -0.05) is 39.5 Å². The molecule has 1 heterocycles. The molecule has 4 nitrogen and oxygen atoms in total. The van der Waals surface area contributed by atoms with Crippen LogP contribution < -0.4 is 5.32 Å². The molecule has 0 aromatic rings. The van der Waals surface area contributed by atoms with Crippen LogP contribution in [0.5, 0.6) is 0 Å². The summed E-state index contributed by atoms with van der Waals surface area (Å²) in [5.41, 5.74) is 0. The maximum Gasteiger partial charge on any atom is 0.220 e. The summed E-state index contributed by atoms with van der Waals surface area (Å²) in [6, 6.07) is 0. The zero-order valence-electron chi connectivity index (χ0n) is 12.9. The lowest BCUT2D eigenvalue weighted by Crippen LogP contribution is -2.26. The molecule has 118 valence electrons. The monoisotopic (exact) mass is 303 g/mol. The second-order valence-electron chi connectivity index (χ2n) is 6.42. The highest BCUT2D eigenvalue weighted by Crippen LogP contribution is 2.21. The molecule has 0 spiro atoms. The van der Waals surface area contributed by atoms with Crippen molar-refractivity contribution in [3.05, 3.63) is 0 Å². The molecule has 0 saturated carbocycles. The molecule has 1 N–H and O–H groups in total. The molecular weight excluding hydrogens is 274 g/mol. The number of hydrogen-bond donors (Lipinski definition) is 1. The van der Waals surface area contributed by atoms with Crippen LogP contribution in [0.1, 0.15) is 58.8 Å². The Morgan fingerprint density at radius 3 is 2.50 bits per heavy atom. The molecule has 20 heavy (non-hydrogen) atoms. The van der Waals surface area contributed by atoms with E-state index in [0.717, 1.165) is 25.3 Å². The minimum atomic E-state index is -2.86. The van der Waals surface area contributed by atoms with Crippen molar-refractivity contribution in [3.63, 3.8) is 0 Å². The summed E-state index contributed by atoms with van der Waals surface area (Å²) in [5.74, 6) is 1.26. The first-order valence-electron chi connectivity index (χ1n) is 7.86. The van der Waals surface area contributed by atoms with Gasteiger partial charge in [-0.05, 0) is 24.7 Å². The van der Waals surface area contributed by atoms with Crippen molar-refractivity contribution in [3.8, 4) is 0 Å². The summed E-state index contributed by atoms with van der Waals surface area (Å²) >= 11 is 0. The van der Waals surface area contributed by atoms with Crippen molar-refractivity contribution in [1.82, 2.24) is 5.32 Å². The van der Waals surface area contributed by atoms with Crippen molar-refractivity contribution >= 4 is 15.7 Å². The summed E-state index contributed by atoms with van der Waals surface area (Å²) in [6.07, 6.45) is 6.97. The minimum Gasteiger partial charge on any atom is -0.356 e. The average molecular weight is 303 g/mol. The molecule has 1 saturated heterocycles. The van der Waals surface area contributed by atoms with E-state index in [1.807, 2.05) is 0 Å². The summed E-state index contributed by atoms with van der Waals surface area (Å²) in [7, 11) is -2.86. The number of nitrogens with one attached hydrogen (secondary N) is 1.